The maximum atomic E-state index is 12.9. The third kappa shape index (κ3) is 4.82. The molecule has 0 unspecified atom stereocenters. The summed E-state index contributed by atoms with van der Waals surface area (Å²) in [4.78, 5) is 27.1. The van der Waals surface area contributed by atoms with Gasteiger partial charge in [0.1, 0.15) is 5.75 Å². The number of aryl methyl sites for hydroxylation is 1. The number of hydrogen-bond donors (Lipinski definition) is 1. The highest BCUT2D eigenvalue weighted by Gasteiger charge is 2.26. The Morgan fingerprint density at radius 2 is 1.84 bits per heavy atom. The molecule has 1 N–H and O–H groups in total. The molecule has 0 fully saturated rings. The quantitative estimate of drug-likeness (QED) is 0.623. The summed E-state index contributed by atoms with van der Waals surface area (Å²) in [5, 5.41) is 7.63. The number of carbonyl (C=O) groups excluding carboxylic acids is 2. The van der Waals surface area contributed by atoms with E-state index in [1.54, 1.807) is 19.2 Å². The van der Waals surface area contributed by atoms with Crippen LogP contribution in [0.2, 0.25) is 0 Å². The molecular weight excluding hydrogens is 404 g/mol. The summed E-state index contributed by atoms with van der Waals surface area (Å²) in [7, 11) is 3.57. The molecule has 0 spiro atoms. The molecule has 3 aromatic rings. The number of benzene rings is 2. The van der Waals surface area contributed by atoms with Gasteiger partial charge < -0.3 is 15.0 Å². The monoisotopic (exact) mass is 432 g/mol. The molecule has 7 heteroatoms. The van der Waals surface area contributed by atoms with Crippen LogP contribution >= 0.6 is 0 Å². The number of aromatic nitrogens is 2. The Kier molecular flexibility index (Phi) is 6.54. The summed E-state index contributed by atoms with van der Waals surface area (Å²) in [6.45, 7) is 1.74. The first-order valence-corrected chi connectivity index (χ1v) is 10.8. The van der Waals surface area contributed by atoms with Crippen molar-refractivity contribution in [2.24, 2.45) is 7.05 Å². The number of methoxy groups -OCH3 is 1. The highest BCUT2D eigenvalue weighted by Crippen LogP contribution is 2.23. The van der Waals surface area contributed by atoms with E-state index < -0.39 is 0 Å². The zero-order chi connectivity index (χ0) is 22.5. The van der Waals surface area contributed by atoms with Crippen LogP contribution in [-0.4, -0.2) is 46.7 Å². The molecule has 0 bridgehead atoms. The lowest BCUT2D eigenvalue weighted by Gasteiger charge is -2.28. The lowest BCUT2D eigenvalue weighted by Crippen LogP contribution is -2.37. The Bertz CT molecular complexity index is 1090. The Balaban J connectivity index is 1.38. The number of ether oxygens (including phenoxy) is 1. The third-order valence-electron chi connectivity index (χ3n) is 5.88. The standard InChI is InChI=1S/C25H28N4O3/c1-28-23-13-15-29(24(30)16-18-8-10-20(32-2)11-9-18)17-21(23)22(27-28)12-14-26-25(31)19-6-4-3-5-7-19/h3-11H,12-17H2,1-2H3,(H,26,31). The van der Waals surface area contributed by atoms with Crippen LogP contribution < -0.4 is 10.1 Å². The minimum absolute atomic E-state index is 0.0910. The highest BCUT2D eigenvalue weighted by atomic mass is 16.5. The predicted octanol–water partition coefficient (Wildman–Crippen LogP) is 2.53. The Hall–Kier alpha value is -3.61. The number of fused-ring (bicyclic) bond motifs is 1. The zero-order valence-corrected chi connectivity index (χ0v) is 18.5. The SMILES string of the molecule is COc1ccc(CC(=O)N2CCc3c(c(CCNC(=O)c4ccccc4)nn3C)C2)cc1. The van der Waals surface area contributed by atoms with Gasteiger partial charge in [-0.05, 0) is 29.8 Å². The first kappa shape index (κ1) is 21.6. The van der Waals surface area contributed by atoms with Gasteiger partial charge in [0.05, 0.1) is 19.2 Å². The number of carbonyl (C=O) groups is 2. The van der Waals surface area contributed by atoms with Gasteiger partial charge in [-0.2, -0.15) is 5.10 Å². The minimum atomic E-state index is -0.0910. The first-order valence-electron chi connectivity index (χ1n) is 10.8. The van der Waals surface area contributed by atoms with E-state index in [1.807, 2.05) is 59.1 Å². The second-order valence-corrected chi connectivity index (χ2v) is 7.96. The molecule has 0 saturated heterocycles. The fourth-order valence-electron chi connectivity index (χ4n) is 4.10. The second-order valence-electron chi connectivity index (χ2n) is 7.96. The van der Waals surface area contributed by atoms with Crippen LogP contribution in [0.3, 0.4) is 0 Å². The van der Waals surface area contributed by atoms with Gasteiger partial charge in [0.2, 0.25) is 5.91 Å². The molecule has 166 valence electrons. The summed E-state index contributed by atoms with van der Waals surface area (Å²) < 4.78 is 7.10. The van der Waals surface area contributed by atoms with Gasteiger partial charge in [-0.1, -0.05) is 30.3 Å². The average molecular weight is 433 g/mol. The van der Waals surface area contributed by atoms with Gasteiger partial charge in [-0.15, -0.1) is 0 Å². The third-order valence-corrected chi connectivity index (χ3v) is 5.88. The smallest absolute Gasteiger partial charge is 0.251 e. The molecule has 1 aliphatic heterocycles. The van der Waals surface area contributed by atoms with E-state index in [0.29, 0.717) is 38.0 Å². The van der Waals surface area contributed by atoms with Crippen molar-refractivity contribution in [3.8, 4) is 5.75 Å². The van der Waals surface area contributed by atoms with E-state index >= 15 is 0 Å². The minimum Gasteiger partial charge on any atom is -0.497 e. The van der Waals surface area contributed by atoms with E-state index in [4.69, 9.17) is 4.74 Å². The topological polar surface area (TPSA) is 76.5 Å². The summed E-state index contributed by atoms with van der Waals surface area (Å²) in [6.07, 6.45) is 1.77. The molecular formula is C25H28N4O3. The summed E-state index contributed by atoms with van der Waals surface area (Å²) in [5.74, 6) is 0.794. The van der Waals surface area contributed by atoms with Crippen molar-refractivity contribution < 1.29 is 14.3 Å². The van der Waals surface area contributed by atoms with Crippen molar-refractivity contribution in [3.05, 3.63) is 82.7 Å². The van der Waals surface area contributed by atoms with Gasteiger partial charge in [-0.25, -0.2) is 0 Å². The molecule has 1 aliphatic rings. The van der Waals surface area contributed by atoms with Crippen molar-refractivity contribution >= 4 is 11.8 Å². The zero-order valence-electron chi connectivity index (χ0n) is 18.5. The average Bonchev–Trinajstić information content (AvgIpc) is 3.14. The van der Waals surface area contributed by atoms with E-state index in [9.17, 15) is 9.59 Å². The van der Waals surface area contributed by atoms with Gasteiger partial charge in [0, 0.05) is 56.3 Å². The molecule has 0 aliphatic carbocycles. The molecule has 2 aromatic carbocycles. The van der Waals surface area contributed by atoms with E-state index in [0.717, 1.165) is 29.0 Å². The second kappa shape index (κ2) is 9.68. The van der Waals surface area contributed by atoms with Crippen LogP contribution in [0.15, 0.2) is 54.6 Å². The lowest BCUT2D eigenvalue weighted by atomic mass is 10.0. The summed E-state index contributed by atoms with van der Waals surface area (Å²) in [5.41, 5.74) is 4.83. The van der Waals surface area contributed by atoms with E-state index in [-0.39, 0.29) is 11.8 Å². The van der Waals surface area contributed by atoms with Crippen LogP contribution in [-0.2, 0) is 37.6 Å². The lowest BCUT2D eigenvalue weighted by molar-refractivity contribution is -0.131. The molecule has 0 saturated carbocycles. The largest absolute Gasteiger partial charge is 0.497 e. The van der Waals surface area contributed by atoms with Crippen molar-refractivity contribution in [1.29, 1.82) is 0 Å². The van der Waals surface area contributed by atoms with Crippen LogP contribution in [0.1, 0.15) is 32.9 Å². The molecule has 7 nitrogen and oxygen atoms in total. The van der Waals surface area contributed by atoms with Gasteiger partial charge in [-0.3, -0.25) is 14.3 Å². The van der Waals surface area contributed by atoms with Gasteiger partial charge >= 0.3 is 0 Å². The van der Waals surface area contributed by atoms with Crippen molar-refractivity contribution in [1.82, 2.24) is 20.0 Å². The Labute approximate surface area is 188 Å². The first-order chi connectivity index (χ1) is 15.5. The van der Waals surface area contributed by atoms with Gasteiger partial charge in [0.25, 0.3) is 5.91 Å². The van der Waals surface area contributed by atoms with Crippen molar-refractivity contribution in [2.45, 2.75) is 25.8 Å². The van der Waals surface area contributed by atoms with Crippen molar-refractivity contribution in [2.75, 3.05) is 20.2 Å². The van der Waals surface area contributed by atoms with Crippen LogP contribution in [0.25, 0.3) is 0 Å². The molecule has 2 heterocycles. The summed E-state index contributed by atoms with van der Waals surface area (Å²) in [6, 6.07) is 16.8. The molecule has 2 amide bonds. The molecule has 4 rings (SSSR count). The normalized spacial score (nSPS) is 12.9. The number of amides is 2. The molecule has 1 aromatic heterocycles. The van der Waals surface area contributed by atoms with Gasteiger partial charge in [0.15, 0.2) is 0 Å². The Morgan fingerprint density at radius 3 is 2.56 bits per heavy atom. The fourth-order valence-corrected chi connectivity index (χ4v) is 4.10. The Morgan fingerprint density at radius 1 is 1.09 bits per heavy atom. The molecule has 0 radical (unpaired) electrons. The van der Waals surface area contributed by atoms with Crippen LogP contribution in [0.4, 0.5) is 0 Å². The summed E-state index contributed by atoms with van der Waals surface area (Å²) >= 11 is 0. The highest BCUT2D eigenvalue weighted by molar-refractivity contribution is 5.94. The van der Waals surface area contributed by atoms with Crippen molar-refractivity contribution in [3.63, 3.8) is 0 Å². The molecule has 0 atom stereocenters. The number of hydrogen-bond acceptors (Lipinski definition) is 4. The maximum Gasteiger partial charge on any atom is 0.251 e. The maximum absolute atomic E-state index is 12.9. The van der Waals surface area contributed by atoms with E-state index in [2.05, 4.69) is 10.4 Å². The number of nitrogens with zero attached hydrogens (tertiary/aromatic N) is 3. The predicted molar refractivity (Wildman–Crippen MR) is 122 cm³/mol. The number of rotatable bonds is 7. The fraction of sp³-hybridized carbons (Fsp3) is 0.320. The van der Waals surface area contributed by atoms with E-state index in [1.165, 1.54) is 5.69 Å². The number of nitrogens with one attached hydrogen (secondary N) is 1. The molecule has 32 heavy (non-hydrogen) atoms. The van der Waals surface area contributed by atoms with Crippen LogP contribution in [0, 0.1) is 0 Å². The van der Waals surface area contributed by atoms with Crippen LogP contribution in [0.5, 0.6) is 5.75 Å².